The second-order valence-electron chi connectivity index (χ2n) is 24.2. The Kier molecular flexibility index (Phi) is 39.5. The number of carboxylic acids is 1. The summed E-state index contributed by atoms with van der Waals surface area (Å²) >= 11 is 12.4. The number of hydrogen-bond acceptors (Lipinski definition) is 6. The van der Waals surface area contributed by atoms with Crippen LogP contribution in [0.3, 0.4) is 0 Å². The highest BCUT2D eigenvalue weighted by Crippen LogP contribution is 2.45. The van der Waals surface area contributed by atoms with Crippen LogP contribution < -0.4 is 10.6 Å². The summed E-state index contributed by atoms with van der Waals surface area (Å²) in [5.74, 6) is -1.37. The van der Waals surface area contributed by atoms with Gasteiger partial charge in [0.2, 0.25) is 0 Å². The Morgan fingerprint density at radius 2 is 0.810 bits per heavy atom. The summed E-state index contributed by atoms with van der Waals surface area (Å²) in [4.78, 5) is 43.3. The molecule has 10 heteroatoms. The van der Waals surface area contributed by atoms with E-state index in [0.29, 0.717) is 31.7 Å². The molecule has 0 saturated carbocycles. The van der Waals surface area contributed by atoms with Crippen molar-refractivity contribution < 1.29 is 24.2 Å². The summed E-state index contributed by atoms with van der Waals surface area (Å²) in [7, 11) is 0. The number of rotatable bonds is 7. The number of hydrogen-bond donors (Lipinski definition) is 3. The number of benzene rings is 1. The Morgan fingerprint density at radius 3 is 1.14 bits per heavy atom. The number of nitrogens with one attached hydrogen (secondary N) is 2. The van der Waals surface area contributed by atoms with Gasteiger partial charge in [-0.3, -0.25) is 14.6 Å². The van der Waals surface area contributed by atoms with Crippen LogP contribution in [-0.2, 0) is 20.7 Å². The zero-order chi connectivity index (χ0) is 56.1. The molecule has 2 aliphatic rings. The number of aliphatic carboxylic acids is 1. The Hall–Kier alpha value is -2.94. The van der Waals surface area contributed by atoms with Gasteiger partial charge in [0.05, 0.1) is 21.0 Å². The highest BCUT2D eigenvalue weighted by molar-refractivity contribution is 6.40. The van der Waals surface area contributed by atoms with Gasteiger partial charge in [0.15, 0.2) is 5.78 Å². The predicted octanol–water partition coefficient (Wildman–Crippen LogP) is 21.4. The van der Waals surface area contributed by atoms with Gasteiger partial charge < -0.3 is 20.5 Å². The first kappa shape index (κ1) is 68.6. The molecule has 2 aromatic rings. The van der Waals surface area contributed by atoms with Crippen LogP contribution in [0.2, 0.25) is 10.0 Å². The molecule has 1 unspecified atom stereocenters. The zero-order valence-electron chi connectivity index (χ0n) is 50.0. The standard InChI is InChI=1S/C69H113Cl2N3O5/c70-61-57-72-58-62(71)66(61)67(76)73-60-49-47-59(48-50-60)55-63(68(77)78)74-64-56-65(75)69(64)51-45-43-41-39-37-35-33-31-29-27-25-23-21-19-17-15-13-11-9-7-5-3-1-2-4-6-8-10-12-14-16-18-20-22-24-26-28-30-32-34-36-38-40-42-44-46-53-79-54-52-69/h47-50,56-58,63,74H,1-46,51-55H2,(H,73,76)(H,77,78)/t63-,69?/m0/s1. The number of ketones is 1. The first-order valence-electron chi connectivity index (χ1n) is 33.3. The van der Waals surface area contributed by atoms with Crippen LogP contribution in [0.15, 0.2) is 48.4 Å². The van der Waals surface area contributed by atoms with Crippen molar-refractivity contribution in [2.45, 2.75) is 321 Å². The molecule has 1 spiro atoms. The molecule has 0 bridgehead atoms. The molecule has 1 aliphatic heterocycles. The van der Waals surface area contributed by atoms with E-state index in [4.69, 9.17) is 27.9 Å². The van der Waals surface area contributed by atoms with E-state index in [2.05, 4.69) is 15.6 Å². The number of amides is 1. The number of pyridine rings is 1. The molecule has 4 rings (SSSR count). The molecule has 0 radical (unpaired) electrons. The van der Waals surface area contributed by atoms with Gasteiger partial charge in [-0.1, -0.05) is 324 Å². The summed E-state index contributed by atoms with van der Waals surface area (Å²) in [5, 5.41) is 16.9. The van der Waals surface area contributed by atoms with Gasteiger partial charge in [-0.2, -0.15) is 0 Å². The summed E-state index contributed by atoms with van der Waals surface area (Å²) < 4.78 is 6.22. The van der Waals surface area contributed by atoms with Gasteiger partial charge in [-0.05, 0) is 37.0 Å². The Bertz CT molecular complexity index is 1830. The topological polar surface area (TPSA) is 118 Å². The SMILES string of the molecule is O=C(Nc1ccc(C[C@H](NC2=CC(=O)C23CCCCCCCCCCCCCCCCCCCCCCCCCCCCCCCCCCCCCCCCCCCCCCCCOCC3)C(=O)O)cc1)c1c(Cl)cncc1Cl. The zero-order valence-corrected chi connectivity index (χ0v) is 51.5. The van der Waals surface area contributed by atoms with Crippen LogP contribution in [-0.4, -0.2) is 47.0 Å². The van der Waals surface area contributed by atoms with E-state index in [1.165, 1.54) is 276 Å². The van der Waals surface area contributed by atoms with Crippen molar-refractivity contribution in [3.05, 3.63) is 69.6 Å². The van der Waals surface area contributed by atoms with Crippen LogP contribution in [0.1, 0.15) is 324 Å². The quantitative estimate of drug-likeness (QED) is 0.253. The van der Waals surface area contributed by atoms with E-state index in [0.717, 1.165) is 43.4 Å². The Morgan fingerprint density at radius 1 is 0.481 bits per heavy atom. The summed E-state index contributed by atoms with van der Waals surface area (Å²) in [5.41, 5.74) is 1.40. The predicted molar refractivity (Wildman–Crippen MR) is 335 cm³/mol. The van der Waals surface area contributed by atoms with Crippen molar-refractivity contribution in [1.29, 1.82) is 0 Å². The Labute approximate surface area is 492 Å². The van der Waals surface area contributed by atoms with Crippen molar-refractivity contribution in [3.63, 3.8) is 0 Å². The fourth-order valence-corrected chi connectivity index (χ4v) is 12.7. The molecule has 448 valence electrons. The number of carbonyl (C=O) groups excluding carboxylic acids is 2. The molecule has 1 aliphatic carbocycles. The maximum Gasteiger partial charge on any atom is 0.326 e. The van der Waals surface area contributed by atoms with Crippen LogP contribution in [0.25, 0.3) is 0 Å². The van der Waals surface area contributed by atoms with Gasteiger partial charge in [0.1, 0.15) is 6.04 Å². The molecular formula is C69H113Cl2N3O5. The van der Waals surface area contributed by atoms with Crippen LogP contribution >= 0.6 is 23.2 Å². The average molecular weight is 1140 g/mol. The fraction of sp³-hybridized carbons (Fsp3) is 0.768. The van der Waals surface area contributed by atoms with Crippen LogP contribution in [0, 0.1) is 5.41 Å². The summed E-state index contributed by atoms with van der Waals surface area (Å²) in [6.07, 6.45) is 68.7. The third kappa shape index (κ3) is 31.3. The van der Waals surface area contributed by atoms with Crippen molar-refractivity contribution in [2.24, 2.45) is 5.41 Å². The molecule has 1 fully saturated rings. The maximum atomic E-state index is 13.7. The number of carbonyl (C=O) groups is 3. The lowest BCUT2D eigenvalue weighted by Crippen LogP contribution is -2.51. The number of anilines is 1. The van der Waals surface area contributed by atoms with Gasteiger partial charge in [0, 0.05) is 49.5 Å². The second-order valence-corrected chi connectivity index (χ2v) is 25.1. The molecule has 1 aromatic heterocycles. The lowest BCUT2D eigenvalue weighted by molar-refractivity contribution is -0.140. The minimum Gasteiger partial charge on any atom is -0.480 e. The number of allylic oxidation sites excluding steroid dienone is 2. The monoisotopic (exact) mass is 1130 g/mol. The molecule has 1 aromatic carbocycles. The van der Waals surface area contributed by atoms with E-state index in [9.17, 15) is 19.5 Å². The third-order valence-electron chi connectivity index (χ3n) is 17.4. The molecule has 1 saturated heterocycles. The van der Waals surface area contributed by atoms with Gasteiger partial charge in [-0.25, -0.2) is 4.79 Å². The number of carboxylic acid groups (broad SMARTS) is 1. The minimum atomic E-state index is -0.986. The van der Waals surface area contributed by atoms with Crippen molar-refractivity contribution >= 4 is 46.5 Å². The molecule has 3 N–H and O–H groups in total. The van der Waals surface area contributed by atoms with Crippen molar-refractivity contribution in [3.8, 4) is 0 Å². The number of aromatic nitrogens is 1. The highest BCUT2D eigenvalue weighted by atomic mass is 35.5. The average Bonchev–Trinajstić information content (AvgIpc) is 3.50. The van der Waals surface area contributed by atoms with Crippen LogP contribution in [0.4, 0.5) is 5.69 Å². The van der Waals surface area contributed by atoms with Crippen molar-refractivity contribution in [1.82, 2.24) is 10.3 Å². The molecule has 8 nitrogen and oxygen atoms in total. The van der Waals surface area contributed by atoms with E-state index in [-0.39, 0.29) is 27.8 Å². The molecule has 2 atom stereocenters. The fourth-order valence-electron chi connectivity index (χ4n) is 12.2. The van der Waals surface area contributed by atoms with E-state index in [1.807, 2.05) is 0 Å². The highest BCUT2D eigenvalue weighted by Gasteiger charge is 2.48. The number of ether oxygens (including phenoxy) is 1. The number of halogens is 2. The maximum absolute atomic E-state index is 13.7. The lowest BCUT2D eigenvalue weighted by atomic mass is 9.65. The van der Waals surface area contributed by atoms with Crippen molar-refractivity contribution in [2.75, 3.05) is 18.5 Å². The normalized spacial score (nSPS) is 22.6. The van der Waals surface area contributed by atoms with Gasteiger partial charge in [-0.15, -0.1) is 0 Å². The molecular weight excluding hydrogens is 1020 g/mol. The first-order chi connectivity index (χ1) is 38.8. The number of nitrogens with zero attached hydrogens (tertiary/aromatic N) is 1. The summed E-state index contributed by atoms with van der Waals surface area (Å²) in [6, 6.07) is 6.12. The van der Waals surface area contributed by atoms with Gasteiger partial charge >= 0.3 is 5.97 Å². The molecule has 2 heterocycles. The first-order valence-corrected chi connectivity index (χ1v) is 34.1. The van der Waals surface area contributed by atoms with E-state index in [1.54, 1.807) is 30.3 Å². The Balaban J connectivity index is 1.17. The van der Waals surface area contributed by atoms with E-state index < -0.39 is 23.3 Å². The summed E-state index contributed by atoms with van der Waals surface area (Å²) in [6.45, 7) is 1.17. The largest absolute Gasteiger partial charge is 0.480 e. The van der Waals surface area contributed by atoms with E-state index >= 15 is 0 Å². The third-order valence-corrected chi connectivity index (χ3v) is 18.0. The minimum absolute atomic E-state index is 0.0755. The lowest BCUT2D eigenvalue weighted by Gasteiger charge is -2.42. The van der Waals surface area contributed by atoms with Crippen LogP contribution in [0.5, 0.6) is 0 Å². The molecule has 1 amide bonds. The molecule has 79 heavy (non-hydrogen) atoms. The van der Waals surface area contributed by atoms with Gasteiger partial charge in [0.25, 0.3) is 5.91 Å². The smallest absolute Gasteiger partial charge is 0.326 e. The second kappa shape index (κ2) is 45.6.